The third kappa shape index (κ3) is 3.60. The molecule has 3 heterocycles. The molecule has 0 radical (unpaired) electrons. The highest BCUT2D eigenvalue weighted by Crippen LogP contribution is 2.28. The molecular formula is C19H25N5O3. The molecule has 3 atom stereocenters. The van der Waals surface area contributed by atoms with Crippen LogP contribution in [0.4, 0.5) is 0 Å². The number of likely N-dealkylation sites (tertiary alicyclic amines) is 1. The average molecular weight is 371 g/mol. The van der Waals surface area contributed by atoms with E-state index in [1.165, 1.54) is 0 Å². The van der Waals surface area contributed by atoms with E-state index in [-0.39, 0.29) is 36.2 Å². The molecule has 1 aromatic carbocycles. The molecule has 144 valence electrons. The molecular weight excluding hydrogens is 346 g/mol. The van der Waals surface area contributed by atoms with Gasteiger partial charge in [-0.05, 0) is 30.0 Å². The van der Waals surface area contributed by atoms with Gasteiger partial charge in [0.25, 0.3) is 5.91 Å². The van der Waals surface area contributed by atoms with Crippen LogP contribution in [0.1, 0.15) is 40.7 Å². The van der Waals surface area contributed by atoms with Crippen LogP contribution in [0.15, 0.2) is 18.2 Å². The Morgan fingerprint density at radius 2 is 1.85 bits per heavy atom. The fraction of sp³-hybridized carbons (Fsp3) is 0.526. The number of carbonyl (C=O) groups excluding carboxylic acids is 3. The van der Waals surface area contributed by atoms with E-state index in [9.17, 15) is 14.4 Å². The van der Waals surface area contributed by atoms with Gasteiger partial charge in [0, 0.05) is 50.2 Å². The molecule has 3 aliphatic rings. The Morgan fingerprint density at radius 3 is 2.56 bits per heavy atom. The van der Waals surface area contributed by atoms with Gasteiger partial charge in [0.2, 0.25) is 11.8 Å². The molecule has 0 aliphatic carbocycles. The maximum Gasteiger partial charge on any atom is 0.255 e. The molecule has 8 heteroatoms. The van der Waals surface area contributed by atoms with Crippen molar-refractivity contribution < 1.29 is 14.4 Å². The topological polar surface area (TPSA) is 122 Å². The third-order valence-corrected chi connectivity index (χ3v) is 5.59. The number of carbonyl (C=O) groups is 3. The summed E-state index contributed by atoms with van der Waals surface area (Å²) in [5.41, 5.74) is 14.8. The number of nitrogens with zero attached hydrogens (tertiary/aromatic N) is 2. The summed E-state index contributed by atoms with van der Waals surface area (Å²) in [5, 5.41) is 2.33. The Morgan fingerprint density at radius 1 is 1.11 bits per heavy atom. The summed E-state index contributed by atoms with van der Waals surface area (Å²) in [7, 11) is 0. The number of nitrogens with one attached hydrogen (secondary N) is 1. The minimum Gasteiger partial charge on any atom is -0.326 e. The van der Waals surface area contributed by atoms with E-state index in [2.05, 4.69) is 10.2 Å². The van der Waals surface area contributed by atoms with Gasteiger partial charge >= 0.3 is 0 Å². The first kappa shape index (κ1) is 18.1. The van der Waals surface area contributed by atoms with Crippen molar-refractivity contribution in [2.24, 2.45) is 11.5 Å². The fourth-order valence-corrected chi connectivity index (χ4v) is 4.39. The minimum absolute atomic E-state index is 0.0905. The molecule has 2 saturated heterocycles. The van der Waals surface area contributed by atoms with Gasteiger partial charge in [0.15, 0.2) is 0 Å². The molecule has 1 unspecified atom stereocenters. The number of imide groups is 1. The van der Waals surface area contributed by atoms with Crippen LogP contribution in [-0.2, 0) is 22.7 Å². The van der Waals surface area contributed by atoms with Crippen LogP contribution >= 0.6 is 0 Å². The molecule has 5 N–H and O–H groups in total. The van der Waals surface area contributed by atoms with Gasteiger partial charge in [-0.15, -0.1) is 0 Å². The van der Waals surface area contributed by atoms with Crippen LogP contribution in [0.25, 0.3) is 0 Å². The van der Waals surface area contributed by atoms with Crippen molar-refractivity contribution in [2.75, 3.05) is 13.1 Å². The van der Waals surface area contributed by atoms with Crippen LogP contribution in [-0.4, -0.2) is 58.7 Å². The maximum atomic E-state index is 12.7. The standard InChI is InChI=1S/C19H25N5O3/c20-13-6-14(21)10-23(9-13)7-11-1-2-15-12(5-11)8-24(19(15)27)16-3-4-17(25)22-18(16)26/h1-2,5,13-14,16H,3-4,6-10,20-21H2,(H,22,25,26)/t13-,14+,16?. The monoisotopic (exact) mass is 371 g/mol. The van der Waals surface area contributed by atoms with Gasteiger partial charge in [0.05, 0.1) is 0 Å². The van der Waals surface area contributed by atoms with E-state index in [4.69, 9.17) is 11.5 Å². The molecule has 0 spiro atoms. The van der Waals surface area contributed by atoms with E-state index in [1.54, 1.807) is 4.90 Å². The summed E-state index contributed by atoms with van der Waals surface area (Å²) >= 11 is 0. The van der Waals surface area contributed by atoms with Gasteiger partial charge in [-0.25, -0.2) is 0 Å². The lowest BCUT2D eigenvalue weighted by atomic mass is 10.0. The summed E-state index contributed by atoms with van der Waals surface area (Å²) in [4.78, 5) is 40.0. The summed E-state index contributed by atoms with van der Waals surface area (Å²) in [6, 6.07) is 5.42. The zero-order chi connectivity index (χ0) is 19.1. The molecule has 2 fully saturated rings. The molecule has 3 aliphatic heterocycles. The van der Waals surface area contributed by atoms with Crippen molar-refractivity contribution in [3.8, 4) is 0 Å². The second kappa shape index (κ2) is 7.03. The zero-order valence-electron chi connectivity index (χ0n) is 15.2. The predicted molar refractivity (Wildman–Crippen MR) is 98.3 cm³/mol. The highest BCUT2D eigenvalue weighted by molar-refractivity contribution is 6.05. The molecule has 0 aromatic heterocycles. The SMILES string of the molecule is N[C@@H]1C[C@H](N)CN(Cc2ccc3c(c2)CN(C2CCC(=O)NC2=O)C3=O)C1. The van der Waals surface area contributed by atoms with Crippen molar-refractivity contribution in [2.45, 2.75) is 50.5 Å². The van der Waals surface area contributed by atoms with Crippen molar-refractivity contribution in [1.82, 2.24) is 15.1 Å². The number of rotatable bonds is 3. The number of amides is 3. The smallest absolute Gasteiger partial charge is 0.255 e. The molecule has 3 amide bonds. The number of fused-ring (bicyclic) bond motifs is 1. The van der Waals surface area contributed by atoms with Gasteiger partial charge in [-0.2, -0.15) is 0 Å². The summed E-state index contributed by atoms with van der Waals surface area (Å²) in [5.74, 6) is -0.808. The first-order valence-corrected chi connectivity index (χ1v) is 9.40. The fourth-order valence-electron chi connectivity index (χ4n) is 4.39. The third-order valence-electron chi connectivity index (χ3n) is 5.59. The van der Waals surface area contributed by atoms with E-state index < -0.39 is 6.04 Å². The number of piperidine rings is 2. The lowest BCUT2D eigenvalue weighted by Crippen LogP contribution is -2.52. The van der Waals surface area contributed by atoms with Crippen molar-refractivity contribution >= 4 is 17.7 Å². The molecule has 0 bridgehead atoms. The van der Waals surface area contributed by atoms with Crippen LogP contribution < -0.4 is 16.8 Å². The second-order valence-corrected chi connectivity index (χ2v) is 7.84. The first-order valence-electron chi connectivity index (χ1n) is 9.40. The largest absolute Gasteiger partial charge is 0.326 e. The molecule has 0 saturated carbocycles. The number of benzene rings is 1. The molecule has 8 nitrogen and oxygen atoms in total. The van der Waals surface area contributed by atoms with Gasteiger partial charge in [0.1, 0.15) is 6.04 Å². The highest BCUT2D eigenvalue weighted by atomic mass is 16.2. The maximum absolute atomic E-state index is 12.7. The summed E-state index contributed by atoms with van der Waals surface area (Å²) in [6.45, 7) is 2.76. The normalized spacial score (nSPS) is 29.0. The number of hydrogen-bond acceptors (Lipinski definition) is 6. The van der Waals surface area contributed by atoms with Crippen molar-refractivity contribution in [3.63, 3.8) is 0 Å². The quantitative estimate of drug-likeness (QED) is 0.605. The minimum atomic E-state index is -0.579. The Kier molecular flexibility index (Phi) is 4.71. The molecule has 27 heavy (non-hydrogen) atoms. The van der Waals surface area contributed by atoms with Crippen molar-refractivity contribution in [1.29, 1.82) is 0 Å². The predicted octanol–water partition coefficient (Wildman–Crippen LogP) is -0.692. The van der Waals surface area contributed by atoms with Gasteiger partial charge < -0.3 is 16.4 Å². The number of nitrogens with two attached hydrogens (primary N) is 2. The van der Waals surface area contributed by atoms with E-state index in [0.29, 0.717) is 18.5 Å². The Labute approximate surface area is 157 Å². The Bertz CT molecular complexity index is 786. The lowest BCUT2D eigenvalue weighted by molar-refractivity contribution is -0.136. The highest BCUT2D eigenvalue weighted by Gasteiger charge is 2.39. The van der Waals surface area contributed by atoms with Crippen molar-refractivity contribution in [3.05, 3.63) is 34.9 Å². The second-order valence-electron chi connectivity index (χ2n) is 7.84. The van der Waals surface area contributed by atoms with Crippen LogP contribution in [0, 0.1) is 0 Å². The van der Waals surface area contributed by atoms with Crippen LogP contribution in [0.5, 0.6) is 0 Å². The van der Waals surface area contributed by atoms with E-state index in [0.717, 1.165) is 37.2 Å². The summed E-state index contributed by atoms with van der Waals surface area (Å²) in [6.07, 6.45) is 1.48. The van der Waals surface area contributed by atoms with Crippen LogP contribution in [0.2, 0.25) is 0 Å². The number of hydrogen-bond donors (Lipinski definition) is 3. The molecule has 1 aromatic rings. The average Bonchev–Trinajstić information content (AvgIpc) is 2.90. The lowest BCUT2D eigenvalue weighted by Gasteiger charge is -2.34. The molecule has 4 rings (SSSR count). The van der Waals surface area contributed by atoms with E-state index >= 15 is 0 Å². The summed E-state index contributed by atoms with van der Waals surface area (Å²) < 4.78 is 0. The Balaban J connectivity index is 1.47. The van der Waals surface area contributed by atoms with Gasteiger partial charge in [-0.1, -0.05) is 12.1 Å². The van der Waals surface area contributed by atoms with Gasteiger partial charge in [-0.3, -0.25) is 24.6 Å². The first-order chi connectivity index (χ1) is 12.9. The van der Waals surface area contributed by atoms with Crippen LogP contribution in [0.3, 0.4) is 0 Å². The Hall–Kier alpha value is -2.29. The zero-order valence-corrected chi connectivity index (χ0v) is 15.2. The van der Waals surface area contributed by atoms with E-state index in [1.807, 2.05) is 18.2 Å².